The Balaban J connectivity index is 1.46. The van der Waals surface area contributed by atoms with E-state index in [0.29, 0.717) is 23.0 Å². The first kappa shape index (κ1) is 16.6. The smallest absolute Gasteiger partial charge is 0.265 e. The fourth-order valence-electron chi connectivity index (χ4n) is 2.16. The molecule has 8 heteroatoms. The number of amides is 2. The molecule has 2 heterocycles. The van der Waals surface area contributed by atoms with Gasteiger partial charge in [-0.3, -0.25) is 9.59 Å². The van der Waals surface area contributed by atoms with Crippen LogP contribution in [0.4, 0.5) is 0 Å². The third-order valence-corrected chi connectivity index (χ3v) is 3.45. The maximum absolute atomic E-state index is 12.1. The van der Waals surface area contributed by atoms with Gasteiger partial charge in [0.1, 0.15) is 18.1 Å². The number of para-hydroxylation sites is 2. The molecule has 0 fully saturated rings. The summed E-state index contributed by atoms with van der Waals surface area (Å²) in [4.78, 5) is 23.9. The van der Waals surface area contributed by atoms with Gasteiger partial charge < -0.3 is 19.2 Å². The maximum Gasteiger partial charge on any atom is 0.265 e. The second-order valence-corrected chi connectivity index (χ2v) is 5.29. The molecule has 2 aromatic rings. The second-order valence-electron chi connectivity index (χ2n) is 5.29. The monoisotopic (exact) mass is 343 g/mol. The first-order valence-corrected chi connectivity index (χ1v) is 7.66. The van der Waals surface area contributed by atoms with Crippen LogP contribution in [-0.4, -0.2) is 36.8 Å². The molecule has 0 saturated heterocycles. The van der Waals surface area contributed by atoms with Crippen molar-refractivity contribution < 1.29 is 23.5 Å². The minimum absolute atomic E-state index is 0.0836. The number of carbonyl (C=O) groups is 2. The van der Waals surface area contributed by atoms with Crippen molar-refractivity contribution in [2.24, 2.45) is 5.10 Å². The van der Waals surface area contributed by atoms with Gasteiger partial charge in [0.05, 0.1) is 12.8 Å². The molecule has 0 aliphatic carbocycles. The quantitative estimate of drug-likeness (QED) is 0.625. The lowest BCUT2D eigenvalue weighted by molar-refractivity contribution is -0.132. The number of hydrazone groups is 1. The highest BCUT2D eigenvalue weighted by atomic mass is 16.6. The molecule has 0 saturated carbocycles. The molecular weight excluding hydrogens is 326 g/mol. The predicted octanol–water partition coefficient (Wildman–Crippen LogP) is 1.08. The van der Waals surface area contributed by atoms with Gasteiger partial charge in [-0.1, -0.05) is 12.1 Å². The minimum atomic E-state index is -0.809. The largest absolute Gasteiger partial charge is 0.485 e. The lowest BCUT2D eigenvalue weighted by Gasteiger charge is -2.25. The third kappa shape index (κ3) is 4.17. The molecule has 1 atom stereocenters. The topological polar surface area (TPSA) is 102 Å². The zero-order valence-corrected chi connectivity index (χ0v) is 13.5. The van der Waals surface area contributed by atoms with Gasteiger partial charge >= 0.3 is 0 Å². The third-order valence-electron chi connectivity index (χ3n) is 3.45. The van der Waals surface area contributed by atoms with E-state index in [-0.39, 0.29) is 13.2 Å². The molecule has 2 N–H and O–H groups in total. The van der Waals surface area contributed by atoms with Crippen LogP contribution >= 0.6 is 0 Å². The van der Waals surface area contributed by atoms with Gasteiger partial charge in [-0.25, -0.2) is 5.43 Å². The number of nitrogens with one attached hydrogen (secondary N) is 2. The van der Waals surface area contributed by atoms with Crippen molar-refractivity contribution in [3.8, 4) is 11.5 Å². The predicted molar refractivity (Wildman–Crippen MR) is 88.4 cm³/mol. The average Bonchev–Trinajstić information content (AvgIpc) is 3.18. The van der Waals surface area contributed by atoms with Gasteiger partial charge in [0.15, 0.2) is 11.5 Å². The van der Waals surface area contributed by atoms with E-state index in [2.05, 4.69) is 15.8 Å². The van der Waals surface area contributed by atoms with Crippen molar-refractivity contribution in [2.75, 3.05) is 13.2 Å². The Kier molecular flexibility index (Phi) is 4.98. The van der Waals surface area contributed by atoms with E-state index < -0.39 is 17.9 Å². The fraction of sp³-hybridized carbons (Fsp3) is 0.235. The Labute approximate surface area is 143 Å². The Morgan fingerprint density at radius 2 is 2.00 bits per heavy atom. The van der Waals surface area contributed by atoms with E-state index in [1.165, 1.54) is 6.26 Å². The van der Waals surface area contributed by atoms with Crippen molar-refractivity contribution >= 4 is 17.5 Å². The number of benzene rings is 1. The summed E-state index contributed by atoms with van der Waals surface area (Å²) in [5.41, 5.74) is 2.87. The molecule has 1 aromatic heterocycles. The molecule has 0 unspecified atom stereocenters. The molecule has 0 spiro atoms. The van der Waals surface area contributed by atoms with E-state index in [1.807, 2.05) is 6.07 Å². The molecule has 130 valence electrons. The molecule has 25 heavy (non-hydrogen) atoms. The first-order valence-electron chi connectivity index (χ1n) is 7.66. The van der Waals surface area contributed by atoms with E-state index in [1.54, 1.807) is 37.3 Å². The normalized spacial score (nSPS) is 16.2. The molecule has 3 rings (SSSR count). The van der Waals surface area contributed by atoms with Crippen LogP contribution in [0, 0.1) is 0 Å². The zero-order chi connectivity index (χ0) is 17.6. The van der Waals surface area contributed by atoms with E-state index in [9.17, 15) is 9.59 Å². The summed E-state index contributed by atoms with van der Waals surface area (Å²) in [6, 6.07) is 10.5. The lowest BCUT2D eigenvalue weighted by atomic mass is 10.2. The highest BCUT2D eigenvalue weighted by Crippen LogP contribution is 2.30. The van der Waals surface area contributed by atoms with Crippen LogP contribution in [0.15, 0.2) is 52.2 Å². The summed E-state index contributed by atoms with van der Waals surface area (Å²) in [6.07, 6.45) is 0.705. The molecule has 1 aliphatic heterocycles. The van der Waals surface area contributed by atoms with Gasteiger partial charge in [-0.05, 0) is 31.2 Å². The van der Waals surface area contributed by atoms with Crippen molar-refractivity contribution in [3.05, 3.63) is 48.4 Å². The van der Waals surface area contributed by atoms with Gasteiger partial charge in [-0.2, -0.15) is 5.10 Å². The maximum atomic E-state index is 12.1. The Hall–Kier alpha value is -3.29. The number of ether oxygens (including phenoxy) is 2. The summed E-state index contributed by atoms with van der Waals surface area (Å²) in [6.45, 7) is 1.55. The Bertz CT molecular complexity index is 785. The second kappa shape index (κ2) is 7.52. The van der Waals surface area contributed by atoms with Crippen molar-refractivity contribution in [1.82, 2.24) is 10.7 Å². The van der Waals surface area contributed by atoms with Crippen molar-refractivity contribution in [3.63, 3.8) is 0 Å². The van der Waals surface area contributed by atoms with E-state index >= 15 is 0 Å². The fourth-order valence-corrected chi connectivity index (χ4v) is 2.16. The van der Waals surface area contributed by atoms with E-state index in [4.69, 9.17) is 13.9 Å². The molecule has 1 aromatic carbocycles. The average molecular weight is 343 g/mol. The number of carbonyl (C=O) groups excluding carboxylic acids is 2. The van der Waals surface area contributed by atoms with Crippen LogP contribution in [0.25, 0.3) is 0 Å². The van der Waals surface area contributed by atoms with E-state index in [0.717, 1.165) is 0 Å². The number of hydrogen-bond donors (Lipinski definition) is 2. The van der Waals surface area contributed by atoms with Crippen molar-refractivity contribution in [2.45, 2.75) is 13.0 Å². The van der Waals surface area contributed by atoms with Gasteiger partial charge in [0.25, 0.3) is 11.8 Å². The molecule has 0 radical (unpaired) electrons. The Morgan fingerprint density at radius 3 is 2.76 bits per heavy atom. The standard InChI is InChI=1S/C17H17N3O5/c1-11(12-7-4-8-23-12)19-20-16(21)9-18-17(22)15-10-24-13-5-2-3-6-14(13)25-15/h2-8,15H,9-10H2,1H3,(H,18,22)(H,20,21)/t15-/m1/s1. The van der Waals surface area contributed by atoms with Gasteiger partial charge in [-0.15, -0.1) is 0 Å². The summed E-state index contributed by atoms with van der Waals surface area (Å²) in [5, 5.41) is 6.40. The summed E-state index contributed by atoms with van der Waals surface area (Å²) in [5.74, 6) is 0.743. The Morgan fingerprint density at radius 1 is 1.20 bits per heavy atom. The zero-order valence-electron chi connectivity index (χ0n) is 13.5. The van der Waals surface area contributed by atoms with Crippen LogP contribution in [0.1, 0.15) is 12.7 Å². The van der Waals surface area contributed by atoms with Crippen molar-refractivity contribution in [1.29, 1.82) is 0 Å². The number of furan rings is 1. The summed E-state index contributed by atoms with van der Waals surface area (Å²) < 4.78 is 16.2. The van der Waals surface area contributed by atoms with Gasteiger partial charge in [0, 0.05) is 0 Å². The number of fused-ring (bicyclic) bond motifs is 1. The summed E-state index contributed by atoms with van der Waals surface area (Å²) in [7, 11) is 0. The van der Waals surface area contributed by atoms with Crippen LogP contribution in [0.3, 0.4) is 0 Å². The summed E-state index contributed by atoms with van der Waals surface area (Å²) >= 11 is 0. The number of hydrogen-bond acceptors (Lipinski definition) is 6. The van der Waals surface area contributed by atoms with Crippen LogP contribution in [0.5, 0.6) is 11.5 Å². The van der Waals surface area contributed by atoms with Crippen LogP contribution < -0.4 is 20.2 Å². The van der Waals surface area contributed by atoms with Crippen LogP contribution in [-0.2, 0) is 9.59 Å². The highest BCUT2D eigenvalue weighted by molar-refractivity contribution is 5.97. The molecule has 8 nitrogen and oxygen atoms in total. The SMILES string of the molecule is CC(=NNC(=O)CNC(=O)[C@H]1COc2ccccc2O1)c1ccco1. The van der Waals surface area contributed by atoms with Crippen LogP contribution in [0.2, 0.25) is 0 Å². The molecule has 0 bridgehead atoms. The lowest BCUT2D eigenvalue weighted by Crippen LogP contribution is -2.46. The van der Waals surface area contributed by atoms with Gasteiger partial charge in [0.2, 0.25) is 6.10 Å². The number of nitrogens with zero attached hydrogens (tertiary/aromatic N) is 1. The number of rotatable bonds is 5. The first-order chi connectivity index (χ1) is 12.1. The minimum Gasteiger partial charge on any atom is -0.485 e. The highest BCUT2D eigenvalue weighted by Gasteiger charge is 2.27. The molecular formula is C17H17N3O5. The molecule has 2 amide bonds. The molecule has 1 aliphatic rings.